The molecule has 4 rings (SSSR count). The quantitative estimate of drug-likeness (QED) is 0.423. The van der Waals surface area contributed by atoms with Crippen LogP contribution in [0.25, 0.3) is 15.3 Å². The van der Waals surface area contributed by atoms with Gasteiger partial charge in [-0.2, -0.15) is 0 Å². The van der Waals surface area contributed by atoms with Crippen molar-refractivity contribution in [3.05, 3.63) is 46.8 Å². The summed E-state index contributed by atoms with van der Waals surface area (Å²) in [6.07, 6.45) is 1.95. The van der Waals surface area contributed by atoms with Gasteiger partial charge in [0.05, 0.1) is 12.6 Å². The first kappa shape index (κ1) is 13.3. The van der Waals surface area contributed by atoms with Crippen LogP contribution in [-0.2, 0) is 0 Å². The Hall–Kier alpha value is -2.38. The van der Waals surface area contributed by atoms with Crippen molar-refractivity contribution in [1.29, 1.82) is 0 Å². The number of thiazole rings is 1. The van der Waals surface area contributed by atoms with Gasteiger partial charge >= 0.3 is 5.97 Å². The predicted octanol–water partition coefficient (Wildman–Crippen LogP) is 3.84. The van der Waals surface area contributed by atoms with Crippen LogP contribution in [0.2, 0.25) is 0 Å². The zero-order chi connectivity index (χ0) is 15.1. The van der Waals surface area contributed by atoms with Gasteiger partial charge in [0.25, 0.3) is 0 Å². The van der Waals surface area contributed by atoms with Crippen LogP contribution in [0.3, 0.4) is 0 Å². The summed E-state index contributed by atoms with van der Waals surface area (Å²) >= 11 is 2.91. The highest BCUT2D eigenvalue weighted by Crippen LogP contribution is 2.29. The van der Waals surface area contributed by atoms with E-state index in [9.17, 15) is 4.79 Å². The van der Waals surface area contributed by atoms with E-state index in [4.69, 9.17) is 9.47 Å². The summed E-state index contributed by atoms with van der Waals surface area (Å²) in [5.41, 5.74) is 0.933. The third-order valence-electron chi connectivity index (χ3n) is 3.21. The summed E-state index contributed by atoms with van der Waals surface area (Å²) in [7, 11) is 1.59. The van der Waals surface area contributed by atoms with Crippen LogP contribution in [0.5, 0.6) is 11.5 Å². The second-order valence-electron chi connectivity index (χ2n) is 4.53. The number of hydrogen-bond donors (Lipinski definition) is 0. The number of nitrogens with zero attached hydrogens (tertiary/aromatic N) is 2. The van der Waals surface area contributed by atoms with Gasteiger partial charge in [-0.15, -0.1) is 22.7 Å². The normalized spacial score (nSPS) is 11.1. The summed E-state index contributed by atoms with van der Waals surface area (Å²) in [5, 5.41) is 1.97. The number of thiophene rings is 1. The Labute approximate surface area is 133 Å². The molecule has 5 nitrogen and oxygen atoms in total. The van der Waals surface area contributed by atoms with Gasteiger partial charge in [-0.25, -0.2) is 9.78 Å². The van der Waals surface area contributed by atoms with Crippen molar-refractivity contribution in [3.63, 3.8) is 0 Å². The van der Waals surface area contributed by atoms with Crippen molar-refractivity contribution in [3.8, 4) is 11.5 Å². The number of esters is 1. The lowest BCUT2D eigenvalue weighted by atomic mass is 10.3. The number of ether oxygens (including phenoxy) is 2. The first-order chi connectivity index (χ1) is 10.7. The molecule has 0 spiro atoms. The van der Waals surface area contributed by atoms with Crippen molar-refractivity contribution >= 4 is 44.0 Å². The Bertz CT molecular complexity index is 966. The maximum Gasteiger partial charge on any atom is 0.353 e. The van der Waals surface area contributed by atoms with Crippen LogP contribution in [0.15, 0.2) is 41.9 Å². The molecular weight excluding hydrogens is 320 g/mol. The standard InChI is InChI=1S/C15H10N2O3S2/c1-19-9-2-4-10(5-3-9)20-14(18)12-8-11-13(22-12)16-15-17(11)6-7-21-15/h2-8H,1H3. The smallest absolute Gasteiger partial charge is 0.353 e. The monoisotopic (exact) mass is 330 g/mol. The van der Waals surface area contributed by atoms with E-state index >= 15 is 0 Å². The minimum absolute atomic E-state index is 0.378. The zero-order valence-corrected chi connectivity index (χ0v) is 13.1. The van der Waals surface area contributed by atoms with Crippen LogP contribution in [-0.4, -0.2) is 22.5 Å². The van der Waals surface area contributed by atoms with E-state index in [-0.39, 0.29) is 5.97 Å². The van der Waals surface area contributed by atoms with E-state index in [0.717, 1.165) is 21.1 Å². The van der Waals surface area contributed by atoms with Gasteiger partial charge in [0.1, 0.15) is 21.2 Å². The lowest BCUT2D eigenvalue weighted by Gasteiger charge is -2.03. The van der Waals surface area contributed by atoms with Crippen LogP contribution < -0.4 is 9.47 Å². The van der Waals surface area contributed by atoms with Gasteiger partial charge in [-0.3, -0.25) is 4.40 Å². The summed E-state index contributed by atoms with van der Waals surface area (Å²) < 4.78 is 12.4. The molecule has 0 aliphatic carbocycles. The average molecular weight is 330 g/mol. The lowest BCUT2D eigenvalue weighted by Crippen LogP contribution is -2.06. The Morgan fingerprint density at radius 3 is 2.77 bits per heavy atom. The molecule has 0 atom stereocenters. The molecule has 0 bridgehead atoms. The number of hydrogen-bond acceptors (Lipinski definition) is 6. The van der Waals surface area contributed by atoms with Crippen LogP contribution >= 0.6 is 22.7 Å². The highest BCUT2D eigenvalue weighted by atomic mass is 32.1. The Morgan fingerprint density at radius 1 is 1.23 bits per heavy atom. The molecule has 7 heteroatoms. The molecule has 22 heavy (non-hydrogen) atoms. The molecule has 0 saturated heterocycles. The first-order valence-electron chi connectivity index (χ1n) is 6.46. The summed E-state index contributed by atoms with van der Waals surface area (Å²) in [6.45, 7) is 0. The Balaban J connectivity index is 1.62. The Morgan fingerprint density at radius 2 is 2.00 bits per heavy atom. The van der Waals surface area contributed by atoms with Gasteiger partial charge < -0.3 is 9.47 Å². The van der Waals surface area contributed by atoms with Gasteiger partial charge in [0, 0.05) is 11.6 Å². The maximum atomic E-state index is 12.2. The average Bonchev–Trinajstić information content (AvgIpc) is 3.19. The molecule has 3 heterocycles. The summed E-state index contributed by atoms with van der Waals surface area (Å²) in [5.74, 6) is 0.826. The summed E-state index contributed by atoms with van der Waals surface area (Å²) in [6, 6.07) is 8.72. The van der Waals surface area contributed by atoms with Crippen LogP contribution in [0, 0.1) is 0 Å². The highest BCUT2D eigenvalue weighted by Gasteiger charge is 2.16. The number of benzene rings is 1. The molecule has 0 aliphatic heterocycles. The fourth-order valence-corrected chi connectivity index (χ4v) is 3.83. The van der Waals surface area contributed by atoms with E-state index < -0.39 is 0 Å². The number of carbonyl (C=O) groups is 1. The molecule has 0 unspecified atom stereocenters. The molecule has 0 fully saturated rings. The Kier molecular flexibility index (Phi) is 3.09. The third kappa shape index (κ3) is 2.15. The number of aromatic nitrogens is 2. The topological polar surface area (TPSA) is 52.8 Å². The van der Waals surface area contributed by atoms with E-state index in [1.54, 1.807) is 42.7 Å². The minimum atomic E-state index is -0.378. The van der Waals surface area contributed by atoms with Crippen molar-refractivity contribution in [1.82, 2.24) is 9.38 Å². The lowest BCUT2D eigenvalue weighted by molar-refractivity contribution is 0.0740. The van der Waals surface area contributed by atoms with Crippen molar-refractivity contribution in [2.75, 3.05) is 7.11 Å². The first-order valence-corrected chi connectivity index (χ1v) is 8.15. The molecule has 110 valence electrons. The molecule has 4 aromatic rings. The van der Waals surface area contributed by atoms with Crippen molar-refractivity contribution in [2.45, 2.75) is 0 Å². The number of fused-ring (bicyclic) bond motifs is 3. The van der Waals surface area contributed by atoms with Crippen molar-refractivity contribution < 1.29 is 14.3 Å². The van der Waals surface area contributed by atoms with Gasteiger partial charge in [0.15, 0.2) is 4.96 Å². The molecule has 0 amide bonds. The molecule has 0 saturated carbocycles. The number of imidazole rings is 1. The SMILES string of the molecule is COc1ccc(OC(=O)c2cc3c(nc4sccn43)s2)cc1. The van der Waals surface area contributed by atoms with Crippen LogP contribution in [0.4, 0.5) is 0 Å². The minimum Gasteiger partial charge on any atom is -0.497 e. The molecule has 0 aliphatic rings. The van der Waals surface area contributed by atoms with Gasteiger partial charge in [-0.05, 0) is 30.3 Å². The largest absolute Gasteiger partial charge is 0.497 e. The number of methoxy groups -OCH3 is 1. The van der Waals surface area contributed by atoms with Crippen LogP contribution in [0.1, 0.15) is 9.67 Å². The van der Waals surface area contributed by atoms with Crippen molar-refractivity contribution in [2.24, 2.45) is 0 Å². The van der Waals surface area contributed by atoms with E-state index in [1.165, 1.54) is 11.3 Å². The van der Waals surface area contributed by atoms with E-state index in [0.29, 0.717) is 10.6 Å². The zero-order valence-electron chi connectivity index (χ0n) is 11.5. The highest BCUT2D eigenvalue weighted by molar-refractivity contribution is 7.21. The fourth-order valence-electron chi connectivity index (χ4n) is 2.15. The van der Waals surface area contributed by atoms with E-state index in [1.807, 2.05) is 22.0 Å². The van der Waals surface area contributed by atoms with Gasteiger partial charge in [0.2, 0.25) is 0 Å². The number of rotatable bonds is 3. The predicted molar refractivity (Wildman–Crippen MR) is 86.4 cm³/mol. The second-order valence-corrected chi connectivity index (χ2v) is 6.44. The molecule has 3 aromatic heterocycles. The van der Waals surface area contributed by atoms with Gasteiger partial charge in [-0.1, -0.05) is 0 Å². The molecule has 1 aromatic carbocycles. The third-order valence-corrected chi connectivity index (χ3v) is 4.97. The summed E-state index contributed by atoms with van der Waals surface area (Å²) in [4.78, 5) is 19.0. The maximum absolute atomic E-state index is 12.2. The second kappa shape index (κ2) is 5.11. The van der Waals surface area contributed by atoms with E-state index in [2.05, 4.69) is 4.98 Å². The molecule has 0 N–H and O–H groups in total. The molecule has 0 radical (unpaired) electrons. The number of carbonyl (C=O) groups excluding carboxylic acids is 1. The molecular formula is C15H10N2O3S2. The fraction of sp³-hybridized carbons (Fsp3) is 0.0667.